The number of fused-ring (bicyclic) bond motifs is 3. The van der Waals surface area contributed by atoms with Gasteiger partial charge in [0.15, 0.2) is 25.0 Å². The Bertz CT molecular complexity index is 2070. The Balaban J connectivity index is 0.943. The van der Waals surface area contributed by atoms with Gasteiger partial charge < -0.3 is 129 Å². The molecule has 4 aliphatic heterocycles. The largest absolute Gasteiger partial charge is 0.432 e. The number of carbonyl (C=O) groups is 1. The Morgan fingerprint density at radius 1 is 0.551 bits per heavy atom. The lowest BCUT2D eigenvalue weighted by Crippen LogP contribution is -2.65. The predicted octanol–water partition coefficient (Wildman–Crippen LogP) is -6.63. The van der Waals surface area contributed by atoms with Gasteiger partial charge in [-0.3, -0.25) is 4.79 Å². The van der Waals surface area contributed by atoms with Crippen LogP contribution in [0.15, 0.2) is 12.2 Å². The third-order valence-corrected chi connectivity index (χ3v) is 19.7. The summed E-state index contributed by atoms with van der Waals surface area (Å²) in [5.74, 6) is -2.02. The summed E-state index contributed by atoms with van der Waals surface area (Å²) in [6, 6.07) is 0. The number of aliphatic hydroxyl groups excluding tert-OH is 17. The van der Waals surface area contributed by atoms with Crippen molar-refractivity contribution in [1.29, 1.82) is 0 Å². The number of carbonyl (C=O) groups excluding carboxylic acids is 1. The van der Waals surface area contributed by atoms with Crippen molar-refractivity contribution >= 4 is 5.97 Å². The molecule has 27 nitrogen and oxygen atoms in total. The van der Waals surface area contributed by atoms with Gasteiger partial charge in [-0.1, -0.05) is 19.9 Å². The predicted molar refractivity (Wildman–Crippen MR) is 255 cm³/mol. The van der Waals surface area contributed by atoms with E-state index in [4.69, 9.17) is 42.6 Å². The van der Waals surface area contributed by atoms with Gasteiger partial charge in [0.05, 0.1) is 49.7 Å². The number of rotatable bonds is 15. The lowest BCUT2D eigenvalue weighted by Gasteiger charge is -2.64. The summed E-state index contributed by atoms with van der Waals surface area (Å²) in [6.07, 6.45) is -35.9. The van der Waals surface area contributed by atoms with E-state index in [0.717, 1.165) is 0 Å². The van der Waals surface area contributed by atoms with Gasteiger partial charge >= 0.3 is 5.97 Å². The molecular formula is C51H82O27. The fraction of sp³-hybridized carbons (Fsp3) is 0.941. The molecule has 0 aromatic carbocycles. The van der Waals surface area contributed by atoms with Crippen LogP contribution in [-0.2, 0) is 47.4 Å². The molecule has 5 aliphatic carbocycles. The second-order valence-corrected chi connectivity index (χ2v) is 24.1. The number of hydrogen-bond donors (Lipinski definition) is 17. The number of hydrogen-bond acceptors (Lipinski definition) is 27. The monoisotopic (exact) mass is 1130 g/mol. The zero-order valence-electron chi connectivity index (χ0n) is 43.6. The molecule has 0 amide bonds. The summed E-state index contributed by atoms with van der Waals surface area (Å²) in [5, 5.41) is 181. The average Bonchev–Trinajstić information content (AvgIpc) is 3.50. The van der Waals surface area contributed by atoms with Crippen molar-refractivity contribution < 1.29 is 134 Å². The molecule has 4 heterocycles. The maximum atomic E-state index is 14.9. The fourth-order valence-electron chi connectivity index (χ4n) is 15.3. The van der Waals surface area contributed by atoms with Crippen LogP contribution in [0.3, 0.4) is 0 Å². The number of aliphatic hydroxyl groups is 17. The lowest BCUT2D eigenvalue weighted by atomic mass is 9.41. The molecule has 448 valence electrons. The molecular weight excluding hydrogens is 1040 g/mol. The van der Waals surface area contributed by atoms with Crippen molar-refractivity contribution in [2.45, 2.75) is 231 Å². The van der Waals surface area contributed by atoms with Crippen LogP contribution < -0.4 is 0 Å². The van der Waals surface area contributed by atoms with Gasteiger partial charge in [-0.05, 0) is 93.0 Å². The molecule has 78 heavy (non-hydrogen) atoms. The van der Waals surface area contributed by atoms with Crippen LogP contribution in [0.4, 0.5) is 0 Å². The van der Waals surface area contributed by atoms with Crippen LogP contribution in [0, 0.1) is 34.0 Å². The molecule has 17 N–H and O–H groups in total. The summed E-state index contributed by atoms with van der Waals surface area (Å²) in [7, 11) is 0. The smallest absolute Gasteiger partial charge is 0.314 e. The van der Waals surface area contributed by atoms with Crippen molar-refractivity contribution in [3.05, 3.63) is 12.2 Å². The Kier molecular flexibility index (Phi) is 18.2. The Labute approximate surface area is 449 Å². The average molecular weight is 1130 g/mol. The zero-order valence-corrected chi connectivity index (χ0v) is 43.6. The summed E-state index contributed by atoms with van der Waals surface area (Å²) < 4.78 is 54.3. The first-order chi connectivity index (χ1) is 36.8. The van der Waals surface area contributed by atoms with Crippen LogP contribution in [0.25, 0.3) is 0 Å². The van der Waals surface area contributed by atoms with E-state index < -0.39 is 214 Å². The first-order valence-electron chi connectivity index (χ1n) is 27.2. The normalized spacial score (nSPS) is 54.5. The van der Waals surface area contributed by atoms with E-state index in [1.807, 2.05) is 0 Å². The van der Waals surface area contributed by atoms with E-state index in [2.05, 4.69) is 13.5 Å². The van der Waals surface area contributed by atoms with Gasteiger partial charge in [0.25, 0.3) is 0 Å². The van der Waals surface area contributed by atoms with Gasteiger partial charge in [0.1, 0.15) is 104 Å². The van der Waals surface area contributed by atoms with Gasteiger partial charge in [-0.2, -0.15) is 0 Å². The van der Waals surface area contributed by atoms with Gasteiger partial charge in [-0.25, -0.2) is 0 Å². The highest BCUT2D eigenvalue weighted by Gasteiger charge is 2.70. The molecule has 27 heteroatoms. The highest BCUT2D eigenvalue weighted by Crippen LogP contribution is 2.74. The van der Waals surface area contributed by atoms with Gasteiger partial charge in [0.2, 0.25) is 6.29 Å². The quantitative estimate of drug-likeness (QED) is 0.0412. The molecule has 0 radical (unpaired) electrons. The molecule has 4 saturated heterocycles. The van der Waals surface area contributed by atoms with E-state index in [1.165, 1.54) is 0 Å². The second kappa shape index (κ2) is 23.3. The standard InChI is InChI=1S/C51H82O27/c1-19-12-50-9-5-26-48(2,7-4-8-49(26,3)47(69)77-45-41(37(65)32(60)24(16-55)74-45)76-44-40(68)36(64)31(59)23(15-54)73-44)27(50)6-10-51(19,18-50)78-46-42(71-21-11-20(13-52)28(56)34(62)29(21)57)38(66)33(61)25(75-46)17-70-43-39(67)35(63)30(58)22(14-53)72-43/h20-46,52-68H,1,4-18H2,2-3H3/t20?,21?,22?,23?,24?,25?,26?,27-,28?,29?,30?,31?,32?,33?,34?,35?,36?,37?,38?,39?,40?,41?,42?,43?,44?,45?,46?,48+,49+,50+,51?/m0/s1. The summed E-state index contributed by atoms with van der Waals surface area (Å²) in [6.45, 7) is 4.95. The summed E-state index contributed by atoms with van der Waals surface area (Å²) in [4.78, 5) is 14.9. The van der Waals surface area contributed by atoms with Gasteiger partial charge in [-0.15, -0.1) is 0 Å². The minimum absolute atomic E-state index is 0.0387. The lowest BCUT2D eigenvalue weighted by molar-refractivity contribution is -0.364. The van der Waals surface area contributed by atoms with E-state index in [1.54, 1.807) is 6.92 Å². The van der Waals surface area contributed by atoms with Crippen LogP contribution >= 0.6 is 0 Å². The summed E-state index contributed by atoms with van der Waals surface area (Å²) in [5.41, 5.74) is -2.62. The molecule has 0 aromatic heterocycles. The molecule has 5 saturated carbocycles. The first kappa shape index (κ1) is 60.8. The molecule has 31 atom stereocenters. The Morgan fingerprint density at radius 2 is 1.08 bits per heavy atom. The Hall–Kier alpha value is -1.79. The fourth-order valence-corrected chi connectivity index (χ4v) is 15.3. The number of ether oxygens (including phenoxy) is 9. The molecule has 9 rings (SSSR count). The van der Waals surface area contributed by atoms with Crippen LogP contribution in [-0.4, -0.2) is 279 Å². The third-order valence-electron chi connectivity index (χ3n) is 19.7. The topological polar surface area (TPSA) is 444 Å². The maximum Gasteiger partial charge on any atom is 0.314 e. The van der Waals surface area contributed by atoms with Gasteiger partial charge in [0, 0.05) is 12.5 Å². The van der Waals surface area contributed by atoms with Crippen molar-refractivity contribution in [3.8, 4) is 0 Å². The Morgan fingerprint density at radius 3 is 1.69 bits per heavy atom. The van der Waals surface area contributed by atoms with Crippen LogP contribution in [0.1, 0.15) is 78.1 Å². The SMILES string of the molecule is C=C1C[C@@]23CCC4[C@](C)(C(=O)OC5OC(CO)C(O)C(O)C5OC5OC(CO)C(O)C(O)C5O)CCC[C@@]4(C)[C@@H]2CCC1(OC1OC(COC2OC(CO)C(O)C(O)C2O)C(O)C(O)C1OC1CC(CO)C(O)C(O)C1O)C3. The third kappa shape index (κ3) is 10.4. The van der Waals surface area contributed by atoms with Crippen molar-refractivity contribution in [1.82, 2.24) is 0 Å². The van der Waals surface area contributed by atoms with Crippen LogP contribution in [0.2, 0.25) is 0 Å². The minimum Gasteiger partial charge on any atom is -0.432 e. The molecule has 9 fully saturated rings. The highest BCUT2D eigenvalue weighted by atomic mass is 16.8. The minimum atomic E-state index is -1.92. The van der Waals surface area contributed by atoms with Crippen molar-refractivity contribution in [3.63, 3.8) is 0 Å². The molecule has 9 aliphatic rings. The van der Waals surface area contributed by atoms with E-state index >= 15 is 0 Å². The van der Waals surface area contributed by atoms with E-state index in [9.17, 15) is 91.6 Å². The summed E-state index contributed by atoms with van der Waals surface area (Å²) >= 11 is 0. The van der Waals surface area contributed by atoms with Crippen molar-refractivity contribution in [2.24, 2.45) is 34.0 Å². The highest BCUT2D eigenvalue weighted by molar-refractivity contribution is 5.77. The maximum absolute atomic E-state index is 14.9. The number of esters is 1. The second-order valence-electron chi connectivity index (χ2n) is 24.1. The van der Waals surface area contributed by atoms with E-state index in [-0.39, 0.29) is 18.3 Å². The van der Waals surface area contributed by atoms with E-state index in [0.29, 0.717) is 63.4 Å². The van der Waals surface area contributed by atoms with Crippen LogP contribution in [0.5, 0.6) is 0 Å². The zero-order chi connectivity index (χ0) is 56.7. The molecule has 0 aromatic rings. The first-order valence-corrected chi connectivity index (χ1v) is 27.2. The van der Waals surface area contributed by atoms with Crippen molar-refractivity contribution in [2.75, 3.05) is 33.0 Å². The molecule has 2 bridgehead atoms. The molecule has 27 unspecified atom stereocenters. The molecule has 1 spiro atoms.